The van der Waals surface area contributed by atoms with E-state index in [1.807, 2.05) is 24.3 Å². The second-order valence-electron chi connectivity index (χ2n) is 3.97. The molecule has 0 aliphatic heterocycles. The third-order valence-corrected chi connectivity index (χ3v) is 3.10. The fraction of sp³-hybridized carbons (Fsp3) is 0.154. The lowest BCUT2D eigenvalue weighted by atomic mass is 10.3. The molecule has 0 aliphatic carbocycles. The summed E-state index contributed by atoms with van der Waals surface area (Å²) in [6, 6.07) is 9.17. The maximum atomic E-state index is 6.12. The molecule has 20 heavy (non-hydrogen) atoms. The Kier molecular flexibility index (Phi) is 3.15. The summed E-state index contributed by atoms with van der Waals surface area (Å²) < 4.78 is 11.8. The van der Waals surface area contributed by atoms with Gasteiger partial charge in [-0.15, -0.1) is 0 Å². The first-order chi connectivity index (χ1) is 9.72. The van der Waals surface area contributed by atoms with E-state index >= 15 is 0 Å². The van der Waals surface area contributed by atoms with Crippen molar-refractivity contribution in [3.63, 3.8) is 0 Å². The Hall–Kier alpha value is -2.34. The van der Waals surface area contributed by atoms with Crippen LogP contribution in [0, 0.1) is 0 Å². The molecule has 0 saturated carbocycles. The van der Waals surface area contributed by atoms with Crippen LogP contribution in [0.2, 0.25) is 5.15 Å². The molecule has 0 atom stereocenters. The summed E-state index contributed by atoms with van der Waals surface area (Å²) in [7, 11) is 3.06. The predicted octanol–water partition coefficient (Wildman–Crippen LogP) is 2.49. The highest BCUT2D eigenvalue weighted by Gasteiger charge is 2.14. The first-order valence-corrected chi connectivity index (χ1v) is 6.21. The van der Waals surface area contributed by atoms with Crippen LogP contribution in [-0.2, 0) is 0 Å². The number of rotatable bonds is 3. The number of aromatic nitrogens is 4. The average Bonchev–Trinajstić information content (AvgIpc) is 2.84. The largest absolute Gasteiger partial charge is 0.481 e. The van der Waals surface area contributed by atoms with Gasteiger partial charge in [0.25, 0.3) is 5.95 Å². The van der Waals surface area contributed by atoms with Crippen molar-refractivity contribution in [2.45, 2.75) is 0 Å². The lowest BCUT2D eigenvalue weighted by Gasteiger charge is -2.06. The van der Waals surface area contributed by atoms with Crippen molar-refractivity contribution in [2.75, 3.05) is 14.2 Å². The van der Waals surface area contributed by atoms with Crippen LogP contribution in [0.1, 0.15) is 0 Å². The number of ether oxygens (including phenoxy) is 2. The van der Waals surface area contributed by atoms with Gasteiger partial charge in [0, 0.05) is 5.39 Å². The number of hydrogen-bond donors (Lipinski definition) is 0. The smallest absolute Gasteiger partial charge is 0.257 e. The standard InChI is InChI=1S/C13H11ClN4O2/c1-19-10-7-11(20-2)16-13(15-10)18-9-6-4-3-5-8(9)12(14)17-18/h3-7H,1-2H3. The second kappa shape index (κ2) is 4.97. The van der Waals surface area contributed by atoms with Gasteiger partial charge in [-0.2, -0.15) is 19.7 Å². The van der Waals surface area contributed by atoms with Crippen LogP contribution in [0.5, 0.6) is 11.8 Å². The molecular formula is C13H11ClN4O2. The number of halogens is 1. The van der Waals surface area contributed by atoms with Crippen LogP contribution in [-0.4, -0.2) is 34.0 Å². The Morgan fingerprint density at radius 2 is 1.70 bits per heavy atom. The van der Waals surface area contributed by atoms with Gasteiger partial charge < -0.3 is 9.47 Å². The fourth-order valence-corrected chi connectivity index (χ4v) is 2.11. The monoisotopic (exact) mass is 290 g/mol. The van der Waals surface area contributed by atoms with Gasteiger partial charge in [0.05, 0.1) is 25.8 Å². The topological polar surface area (TPSA) is 62.1 Å². The van der Waals surface area contributed by atoms with Gasteiger partial charge in [-0.25, -0.2) is 0 Å². The normalized spacial score (nSPS) is 10.8. The van der Waals surface area contributed by atoms with Crippen molar-refractivity contribution in [3.8, 4) is 17.7 Å². The van der Waals surface area contributed by atoms with Crippen LogP contribution in [0.4, 0.5) is 0 Å². The maximum absolute atomic E-state index is 6.12. The van der Waals surface area contributed by atoms with Crippen molar-refractivity contribution in [1.82, 2.24) is 19.7 Å². The molecule has 2 aromatic heterocycles. The van der Waals surface area contributed by atoms with Gasteiger partial charge in [-0.1, -0.05) is 23.7 Å². The van der Waals surface area contributed by atoms with E-state index in [4.69, 9.17) is 21.1 Å². The maximum Gasteiger partial charge on any atom is 0.257 e. The van der Waals surface area contributed by atoms with Gasteiger partial charge >= 0.3 is 0 Å². The highest BCUT2D eigenvalue weighted by atomic mass is 35.5. The number of hydrogen-bond acceptors (Lipinski definition) is 5. The van der Waals surface area contributed by atoms with E-state index in [-0.39, 0.29) is 0 Å². The van der Waals surface area contributed by atoms with E-state index in [1.54, 1.807) is 10.7 Å². The second-order valence-corrected chi connectivity index (χ2v) is 4.33. The molecule has 0 saturated heterocycles. The predicted molar refractivity (Wildman–Crippen MR) is 74.8 cm³/mol. The van der Waals surface area contributed by atoms with E-state index in [2.05, 4.69) is 15.1 Å². The minimum atomic E-state index is 0.337. The Morgan fingerprint density at radius 1 is 1.05 bits per heavy atom. The summed E-state index contributed by atoms with van der Waals surface area (Å²) in [6.07, 6.45) is 0. The molecular weight excluding hydrogens is 280 g/mol. The van der Waals surface area contributed by atoms with Crippen molar-refractivity contribution >= 4 is 22.5 Å². The molecule has 0 N–H and O–H groups in total. The minimum Gasteiger partial charge on any atom is -0.481 e. The van der Waals surface area contributed by atoms with Crippen LogP contribution < -0.4 is 9.47 Å². The zero-order valence-electron chi connectivity index (χ0n) is 10.9. The number of benzene rings is 1. The third kappa shape index (κ3) is 2.04. The fourth-order valence-electron chi connectivity index (χ4n) is 1.88. The van der Waals surface area contributed by atoms with E-state index in [9.17, 15) is 0 Å². The summed E-state index contributed by atoms with van der Waals surface area (Å²) in [5.74, 6) is 1.12. The summed E-state index contributed by atoms with van der Waals surface area (Å²) in [4.78, 5) is 8.52. The Morgan fingerprint density at radius 3 is 2.35 bits per heavy atom. The summed E-state index contributed by atoms with van der Waals surface area (Å²) in [6.45, 7) is 0. The molecule has 0 spiro atoms. The summed E-state index contributed by atoms with van der Waals surface area (Å²) >= 11 is 6.12. The minimum absolute atomic E-state index is 0.337. The van der Waals surface area contributed by atoms with Crippen molar-refractivity contribution in [3.05, 3.63) is 35.5 Å². The quantitative estimate of drug-likeness (QED) is 0.741. The molecule has 6 nitrogen and oxygen atoms in total. The van der Waals surface area contributed by atoms with Crippen molar-refractivity contribution in [1.29, 1.82) is 0 Å². The summed E-state index contributed by atoms with van der Waals surface area (Å²) in [5.41, 5.74) is 0.813. The first kappa shape index (κ1) is 12.7. The molecule has 0 bridgehead atoms. The van der Waals surface area contributed by atoms with Gasteiger partial charge in [-0.3, -0.25) is 0 Å². The molecule has 3 rings (SSSR count). The molecule has 1 aromatic carbocycles. The molecule has 0 radical (unpaired) electrons. The highest BCUT2D eigenvalue weighted by Crippen LogP contribution is 2.25. The Labute approximate surface area is 119 Å². The van der Waals surface area contributed by atoms with Gasteiger partial charge in [0.2, 0.25) is 11.8 Å². The van der Waals surface area contributed by atoms with E-state index < -0.39 is 0 Å². The van der Waals surface area contributed by atoms with Crippen LogP contribution in [0.3, 0.4) is 0 Å². The molecule has 102 valence electrons. The van der Waals surface area contributed by atoms with E-state index in [1.165, 1.54) is 14.2 Å². The SMILES string of the molecule is COc1cc(OC)nc(-n2nc(Cl)c3ccccc32)n1. The molecule has 0 unspecified atom stereocenters. The van der Waals surface area contributed by atoms with Crippen LogP contribution in [0.15, 0.2) is 30.3 Å². The Bertz CT molecular complexity index is 750. The molecule has 0 fully saturated rings. The molecule has 7 heteroatoms. The zero-order valence-corrected chi connectivity index (χ0v) is 11.6. The molecule has 0 aliphatic rings. The number of methoxy groups -OCH3 is 2. The van der Waals surface area contributed by atoms with Crippen LogP contribution in [0.25, 0.3) is 16.9 Å². The first-order valence-electron chi connectivity index (χ1n) is 5.83. The molecule has 3 aromatic rings. The highest BCUT2D eigenvalue weighted by molar-refractivity contribution is 6.34. The Balaban J connectivity index is 2.25. The number of nitrogens with zero attached hydrogens (tertiary/aromatic N) is 4. The third-order valence-electron chi connectivity index (χ3n) is 2.82. The average molecular weight is 291 g/mol. The summed E-state index contributed by atoms with van der Waals surface area (Å²) in [5, 5.41) is 5.48. The van der Waals surface area contributed by atoms with Gasteiger partial charge in [0.15, 0.2) is 5.15 Å². The van der Waals surface area contributed by atoms with Gasteiger partial charge in [0.1, 0.15) is 0 Å². The van der Waals surface area contributed by atoms with E-state index in [0.29, 0.717) is 22.9 Å². The lowest BCUT2D eigenvalue weighted by molar-refractivity contribution is 0.370. The van der Waals surface area contributed by atoms with Crippen molar-refractivity contribution < 1.29 is 9.47 Å². The number of para-hydroxylation sites is 1. The van der Waals surface area contributed by atoms with Gasteiger partial charge in [-0.05, 0) is 12.1 Å². The zero-order chi connectivity index (χ0) is 14.1. The lowest BCUT2D eigenvalue weighted by Crippen LogP contribution is -2.05. The van der Waals surface area contributed by atoms with E-state index in [0.717, 1.165) is 10.9 Å². The van der Waals surface area contributed by atoms with Crippen LogP contribution >= 0.6 is 11.6 Å². The molecule has 0 amide bonds. The molecule has 2 heterocycles. The number of fused-ring (bicyclic) bond motifs is 1. The van der Waals surface area contributed by atoms with Crippen molar-refractivity contribution in [2.24, 2.45) is 0 Å².